The Balaban J connectivity index is 2.84. The highest BCUT2D eigenvalue weighted by Gasteiger charge is 2.12. The molecular weight excluding hydrogens is 226 g/mol. The van der Waals surface area contributed by atoms with Crippen molar-refractivity contribution in [1.82, 2.24) is 4.72 Å². The lowest BCUT2D eigenvalue weighted by Crippen LogP contribution is -2.23. The van der Waals surface area contributed by atoms with Gasteiger partial charge < -0.3 is 4.74 Å². The van der Waals surface area contributed by atoms with Gasteiger partial charge in [-0.3, -0.25) is 0 Å². The normalized spacial score (nSPS) is 10.4. The van der Waals surface area contributed by atoms with E-state index in [1.165, 1.54) is 19.2 Å². The van der Waals surface area contributed by atoms with Crippen LogP contribution in [0.15, 0.2) is 29.2 Å². The molecule has 4 nitrogen and oxygen atoms in total. The summed E-state index contributed by atoms with van der Waals surface area (Å²) in [5.41, 5.74) is 0. The molecule has 86 valence electrons. The summed E-state index contributed by atoms with van der Waals surface area (Å²) in [5.74, 6) is 5.86. The van der Waals surface area contributed by atoms with Crippen molar-refractivity contribution in [2.45, 2.75) is 11.8 Å². The first-order valence-corrected chi connectivity index (χ1v) is 6.12. The number of rotatable bonds is 4. The maximum absolute atomic E-state index is 11.7. The van der Waals surface area contributed by atoms with Crippen LogP contribution < -0.4 is 9.46 Å². The maximum atomic E-state index is 11.7. The van der Waals surface area contributed by atoms with Gasteiger partial charge in [-0.15, -0.1) is 5.92 Å². The zero-order valence-electron chi connectivity index (χ0n) is 9.15. The number of sulfonamides is 1. The molecule has 0 fully saturated rings. The van der Waals surface area contributed by atoms with Crippen molar-refractivity contribution in [3.8, 4) is 17.6 Å². The second-order valence-corrected chi connectivity index (χ2v) is 4.69. The van der Waals surface area contributed by atoms with Crippen molar-refractivity contribution < 1.29 is 13.2 Å². The highest BCUT2D eigenvalue weighted by atomic mass is 32.2. The first kappa shape index (κ1) is 12.6. The van der Waals surface area contributed by atoms with E-state index in [1.54, 1.807) is 19.1 Å². The van der Waals surface area contributed by atoms with E-state index in [9.17, 15) is 8.42 Å². The van der Waals surface area contributed by atoms with Gasteiger partial charge in [-0.25, -0.2) is 8.42 Å². The molecule has 0 aromatic heterocycles. The molecule has 0 aliphatic rings. The lowest BCUT2D eigenvalue weighted by Gasteiger charge is -2.04. The quantitative estimate of drug-likeness (QED) is 0.797. The van der Waals surface area contributed by atoms with Crippen molar-refractivity contribution in [2.75, 3.05) is 13.7 Å². The zero-order chi connectivity index (χ0) is 12.0. The van der Waals surface area contributed by atoms with E-state index in [4.69, 9.17) is 4.74 Å². The highest BCUT2D eigenvalue weighted by Crippen LogP contribution is 2.14. The van der Waals surface area contributed by atoms with E-state index in [2.05, 4.69) is 16.6 Å². The number of hydrogen-bond acceptors (Lipinski definition) is 3. The second kappa shape index (κ2) is 5.54. The lowest BCUT2D eigenvalue weighted by atomic mass is 10.3. The van der Waals surface area contributed by atoms with Crippen LogP contribution >= 0.6 is 0 Å². The van der Waals surface area contributed by atoms with Crippen molar-refractivity contribution in [2.24, 2.45) is 0 Å². The van der Waals surface area contributed by atoms with E-state index >= 15 is 0 Å². The third-order valence-corrected chi connectivity index (χ3v) is 3.31. The molecule has 16 heavy (non-hydrogen) atoms. The van der Waals surface area contributed by atoms with Crippen molar-refractivity contribution >= 4 is 10.0 Å². The minimum atomic E-state index is -3.47. The first-order valence-electron chi connectivity index (χ1n) is 4.63. The van der Waals surface area contributed by atoms with Crippen LogP contribution in [0.1, 0.15) is 6.92 Å². The van der Waals surface area contributed by atoms with Gasteiger partial charge in [0.05, 0.1) is 18.6 Å². The van der Waals surface area contributed by atoms with Crippen LogP contribution in [0.2, 0.25) is 0 Å². The molecule has 0 radical (unpaired) electrons. The Morgan fingerprint density at radius 3 is 2.44 bits per heavy atom. The fraction of sp³-hybridized carbons (Fsp3) is 0.273. The summed E-state index contributed by atoms with van der Waals surface area (Å²) in [6.45, 7) is 1.77. The van der Waals surface area contributed by atoms with Crippen LogP contribution in [-0.2, 0) is 10.0 Å². The molecule has 0 aliphatic carbocycles. The largest absolute Gasteiger partial charge is 0.497 e. The van der Waals surface area contributed by atoms with E-state index in [-0.39, 0.29) is 11.4 Å². The fourth-order valence-corrected chi connectivity index (χ4v) is 1.98. The smallest absolute Gasteiger partial charge is 0.241 e. The number of ether oxygens (including phenoxy) is 1. The van der Waals surface area contributed by atoms with Gasteiger partial charge in [-0.2, -0.15) is 4.72 Å². The molecule has 0 aliphatic heterocycles. The molecule has 1 N–H and O–H groups in total. The van der Waals surface area contributed by atoms with Gasteiger partial charge in [-0.1, -0.05) is 5.92 Å². The monoisotopic (exact) mass is 239 g/mol. The van der Waals surface area contributed by atoms with Gasteiger partial charge in [0.15, 0.2) is 0 Å². The van der Waals surface area contributed by atoms with E-state index in [1.807, 2.05) is 0 Å². The summed E-state index contributed by atoms with van der Waals surface area (Å²) in [4.78, 5) is 0.200. The second-order valence-electron chi connectivity index (χ2n) is 2.93. The summed E-state index contributed by atoms with van der Waals surface area (Å²) >= 11 is 0. The molecule has 0 saturated heterocycles. The van der Waals surface area contributed by atoms with Gasteiger partial charge in [-0.05, 0) is 31.2 Å². The Hall–Kier alpha value is -1.51. The maximum Gasteiger partial charge on any atom is 0.241 e. The van der Waals surface area contributed by atoms with Gasteiger partial charge in [0.25, 0.3) is 0 Å². The van der Waals surface area contributed by atoms with E-state index in [0.717, 1.165) is 0 Å². The predicted molar refractivity (Wildman–Crippen MR) is 61.6 cm³/mol. The molecule has 1 rings (SSSR count). The van der Waals surface area contributed by atoms with Crippen LogP contribution in [0.4, 0.5) is 0 Å². The number of nitrogens with one attached hydrogen (secondary N) is 1. The van der Waals surface area contributed by atoms with E-state index in [0.29, 0.717) is 5.75 Å². The average Bonchev–Trinajstić information content (AvgIpc) is 2.29. The summed E-state index contributed by atoms with van der Waals surface area (Å²) < 4.78 is 30.7. The first-order chi connectivity index (χ1) is 7.60. The Kier molecular flexibility index (Phi) is 4.35. The summed E-state index contributed by atoms with van der Waals surface area (Å²) in [5, 5.41) is 0. The number of benzene rings is 1. The SMILES string of the molecule is CC#CCNS(=O)(=O)c1ccc(OC)cc1. The fourth-order valence-electron chi connectivity index (χ4n) is 1.06. The van der Waals surface area contributed by atoms with Gasteiger partial charge >= 0.3 is 0 Å². The van der Waals surface area contributed by atoms with Gasteiger partial charge in [0, 0.05) is 0 Å². The Morgan fingerprint density at radius 1 is 1.31 bits per heavy atom. The molecule has 0 heterocycles. The molecule has 0 saturated carbocycles. The third kappa shape index (κ3) is 3.26. The number of hydrogen-bond donors (Lipinski definition) is 1. The van der Waals surface area contributed by atoms with Crippen LogP contribution in [0, 0.1) is 11.8 Å². The third-order valence-electron chi connectivity index (χ3n) is 1.90. The van der Waals surface area contributed by atoms with Gasteiger partial charge in [0.2, 0.25) is 10.0 Å². The van der Waals surface area contributed by atoms with Crippen molar-refractivity contribution in [3.63, 3.8) is 0 Å². The molecule has 0 unspecified atom stereocenters. The molecule has 1 aromatic carbocycles. The minimum Gasteiger partial charge on any atom is -0.497 e. The van der Waals surface area contributed by atoms with E-state index < -0.39 is 10.0 Å². The lowest BCUT2D eigenvalue weighted by molar-refractivity contribution is 0.414. The summed E-state index contributed by atoms with van der Waals surface area (Å²) in [6.07, 6.45) is 0. The number of methoxy groups -OCH3 is 1. The molecule has 0 spiro atoms. The summed E-state index contributed by atoms with van der Waals surface area (Å²) in [6, 6.07) is 6.17. The van der Waals surface area contributed by atoms with Crippen LogP contribution in [-0.4, -0.2) is 22.1 Å². The Labute approximate surface area is 95.7 Å². The zero-order valence-corrected chi connectivity index (χ0v) is 9.97. The minimum absolute atomic E-state index is 0.116. The molecule has 0 amide bonds. The van der Waals surface area contributed by atoms with Crippen LogP contribution in [0.3, 0.4) is 0 Å². The summed E-state index contributed by atoms with van der Waals surface area (Å²) in [7, 11) is -1.94. The van der Waals surface area contributed by atoms with Gasteiger partial charge in [0.1, 0.15) is 5.75 Å². The highest BCUT2D eigenvalue weighted by molar-refractivity contribution is 7.89. The van der Waals surface area contributed by atoms with Crippen LogP contribution in [0.25, 0.3) is 0 Å². The standard InChI is InChI=1S/C11H13NO3S/c1-3-4-9-12-16(13,14)11-7-5-10(15-2)6-8-11/h5-8,12H,9H2,1-2H3. The molecule has 0 atom stereocenters. The topological polar surface area (TPSA) is 55.4 Å². The Morgan fingerprint density at radius 2 is 1.94 bits per heavy atom. The van der Waals surface area contributed by atoms with Crippen molar-refractivity contribution in [3.05, 3.63) is 24.3 Å². The predicted octanol–water partition coefficient (Wildman–Crippen LogP) is 0.997. The molecular formula is C11H13NO3S. The Bertz CT molecular complexity index is 494. The average molecular weight is 239 g/mol. The molecule has 1 aromatic rings. The molecule has 5 heteroatoms. The molecule has 0 bridgehead atoms. The van der Waals surface area contributed by atoms with Crippen LogP contribution in [0.5, 0.6) is 5.75 Å². The van der Waals surface area contributed by atoms with Crippen molar-refractivity contribution in [1.29, 1.82) is 0 Å².